The summed E-state index contributed by atoms with van der Waals surface area (Å²) in [7, 11) is 0. The molecule has 9 heteroatoms. The van der Waals surface area contributed by atoms with Gasteiger partial charge in [0.2, 0.25) is 5.91 Å². The highest BCUT2D eigenvalue weighted by molar-refractivity contribution is 5.79. The van der Waals surface area contributed by atoms with Crippen molar-refractivity contribution >= 4 is 5.91 Å². The Hall–Kier alpha value is -0.990. The van der Waals surface area contributed by atoms with Gasteiger partial charge in [0.25, 0.3) is 0 Å². The Morgan fingerprint density at radius 3 is 2.19 bits per heavy atom. The van der Waals surface area contributed by atoms with Gasteiger partial charge in [-0.25, -0.2) is 0 Å². The summed E-state index contributed by atoms with van der Waals surface area (Å²) in [5, 5.41) is 2.93. The largest absolute Gasteiger partial charge is 0.404 e. The molecule has 0 aromatic carbocycles. The van der Waals surface area contributed by atoms with E-state index in [2.05, 4.69) is 5.32 Å². The lowest BCUT2D eigenvalue weighted by Gasteiger charge is -2.34. The average Bonchev–Trinajstić information content (AvgIpc) is 2.84. The van der Waals surface area contributed by atoms with Gasteiger partial charge in [0.05, 0.1) is 5.92 Å². The van der Waals surface area contributed by atoms with E-state index in [1.165, 1.54) is 0 Å². The minimum absolute atomic E-state index is 0.306. The fraction of sp³-hybridized carbons (Fsp3) is 0.917. The average molecular weight is 318 g/mol. The number of likely N-dealkylation sites (tertiary alicyclic amines) is 1. The van der Waals surface area contributed by atoms with Gasteiger partial charge in [-0.15, -0.1) is 0 Å². The Kier molecular flexibility index (Phi) is 4.16. The third-order valence-electron chi connectivity index (χ3n) is 4.31. The third-order valence-corrected chi connectivity index (χ3v) is 4.31. The number of nitrogens with one attached hydrogen (secondary N) is 1. The zero-order chi connectivity index (χ0) is 15.9. The Bertz CT molecular complexity index is 386. The van der Waals surface area contributed by atoms with Crippen LogP contribution in [0.4, 0.5) is 26.3 Å². The molecule has 2 rings (SSSR count). The van der Waals surface area contributed by atoms with Crippen LogP contribution < -0.4 is 5.32 Å². The number of hydrogen-bond donors (Lipinski definition) is 1. The Balaban J connectivity index is 2.15. The van der Waals surface area contributed by atoms with Gasteiger partial charge in [0, 0.05) is 19.6 Å². The van der Waals surface area contributed by atoms with E-state index >= 15 is 0 Å². The van der Waals surface area contributed by atoms with Crippen molar-refractivity contribution in [3.05, 3.63) is 0 Å². The molecule has 2 aliphatic heterocycles. The summed E-state index contributed by atoms with van der Waals surface area (Å²) in [6.45, 7) is -0.817. The molecular formula is C12H16F6N2O. The maximum absolute atomic E-state index is 12.9. The van der Waals surface area contributed by atoms with Gasteiger partial charge in [-0.3, -0.25) is 4.79 Å². The molecule has 21 heavy (non-hydrogen) atoms. The summed E-state index contributed by atoms with van der Waals surface area (Å²) in [5.41, 5.74) is -3.79. The number of hydrogen-bond acceptors (Lipinski definition) is 2. The Morgan fingerprint density at radius 1 is 1.14 bits per heavy atom. The molecule has 2 fully saturated rings. The van der Waals surface area contributed by atoms with Crippen molar-refractivity contribution in [1.29, 1.82) is 0 Å². The zero-order valence-electron chi connectivity index (χ0n) is 11.2. The van der Waals surface area contributed by atoms with Crippen LogP contribution in [0.3, 0.4) is 0 Å². The van der Waals surface area contributed by atoms with E-state index < -0.39 is 49.1 Å². The van der Waals surface area contributed by atoms with E-state index in [-0.39, 0.29) is 0 Å². The fourth-order valence-corrected chi connectivity index (χ4v) is 2.94. The number of nitrogens with zero attached hydrogens (tertiary/aromatic N) is 1. The first-order valence-electron chi connectivity index (χ1n) is 6.71. The second-order valence-corrected chi connectivity index (χ2v) is 5.63. The van der Waals surface area contributed by atoms with E-state index in [1.54, 1.807) is 0 Å². The van der Waals surface area contributed by atoms with Crippen LogP contribution in [0.1, 0.15) is 19.3 Å². The highest BCUT2D eigenvalue weighted by Gasteiger charge is 2.72. The van der Waals surface area contributed by atoms with Crippen molar-refractivity contribution < 1.29 is 31.1 Å². The lowest BCUT2D eigenvalue weighted by molar-refractivity contribution is -0.334. The van der Waals surface area contributed by atoms with Crippen LogP contribution in [0.25, 0.3) is 0 Å². The molecule has 1 unspecified atom stereocenters. The number of rotatable bonds is 1. The summed E-state index contributed by atoms with van der Waals surface area (Å²) >= 11 is 0. The van der Waals surface area contributed by atoms with Gasteiger partial charge in [0.15, 0.2) is 5.41 Å². The SMILES string of the molecule is O=C(C1CCCNC1)N1CCC(C(F)(F)F)(C(F)(F)F)C1. The highest BCUT2D eigenvalue weighted by atomic mass is 19.4. The van der Waals surface area contributed by atoms with Crippen LogP contribution in [-0.2, 0) is 4.79 Å². The van der Waals surface area contributed by atoms with Gasteiger partial charge >= 0.3 is 12.4 Å². The summed E-state index contributed by atoms with van der Waals surface area (Å²) in [6.07, 6.45) is -10.8. The normalized spacial score (nSPS) is 27.0. The standard InChI is InChI=1S/C12H16F6N2O/c13-11(14,15)10(12(16,17)18)3-5-20(7-10)9(21)8-2-1-4-19-6-8/h8,19H,1-7H2. The predicted molar refractivity (Wildman–Crippen MR) is 61.3 cm³/mol. The molecule has 0 aliphatic carbocycles. The summed E-state index contributed by atoms with van der Waals surface area (Å²) in [4.78, 5) is 12.8. The smallest absolute Gasteiger partial charge is 0.341 e. The van der Waals surface area contributed by atoms with Crippen molar-refractivity contribution in [3.8, 4) is 0 Å². The maximum atomic E-state index is 12.9. The highest BCUT2D eigenvalue weighted by Crippen LogP contribution is 2.55. The van der Waals surface area contributed by atoms with Crippen molar-refractivity contribution in [3.63, 3.8) is 0 Å². The molecule has 2 saturated heterocycles. The molecule has 0 spiro atoms. The van der Waals surface area contributed by atoms with Crippen LogP contribution in [-0.4, -0.2) is 49.3 Å². The predicted octanol–water partition coefficient (Wildman–Crippen LogP) is 2.33. The molecule has 2 heterocycles. The first-order chi connectivity index (χ1) is 9.58. The Labute approximate surface area is 117 Å². The molecule has 122 valence electrons. The van der Waals surface area contributed by atoms with Crippen LogP contribution in [0.2, 0.25) is 0 Å². The van der Waals surface area contributed by atoms with Crippen molar-refractivity contribution in [2.24, 2.45) is 11.3 Å². The second-order valence-electron chi connectivity index (χ2n) is 5.63. The van der Waals surface area contributed by atoms with Crippen molar-refractivity contribution in [2.45, 2.75) is 31.6 Å². The first-order valence-corrected chi connectivity index (χ1v) is 6.71. The minimum Gasteiger partial charge on any atom is -0.341 e. The van der Waals surface area contributed by atoms with Crippen molar-refractivity contribution in [2.75, 3.05) is 26.2 Å². The molecule has 2 aliphatic rings. The van der Waals surface area contributed by atoms with Crippen molar-refractivity contribution in [1.82, 2.24) is 10.2 Å². The summed E-state index contributed by atoms with van der Waals surface area (Å²) < 4.78 is 77.5. The molecule has 1 atom stereocenters. The molecule has 3 nitrogen and oxygen atoms in total. The quantitative estimate of drug-likeness (QED) is 0.753. The third kappa shape index (κ3) is 2.84. The molecule has 1 N–H and O–H groups in total. The van der Waals surface area contributed by atoms with E-state index in [0.717, 1.165) is 4.90 Å². The zero-order valence-corrected chi connectivity index (χ0v) is 11.2. The van der Waals surface area contributed by atoms with Gasteiger partial charge in [-0.1, -0.05) is 0 Å². The monoisotopic (exact) mass is 318 g/mol. The molecule has 0 radical (unpaired) electrons. The van der Waals surface area contributed by atoms with Gasteiger partial charge in [0.1, 0.15) is 0 Å². The van der Waals surface area contributed by atoms with Crippen LogP contribution in [0.5, 0.6) is 0 Å². The van der Waals surface area contributed by atoms with Gasteiger partial charge in [-0.05, 0) is 25.8 Å². The van der Waals surface area contributed by atoms with Gasteiger partial charge in [-0.2, -0.15) is 26.3 Å². The number of piperidine rings is 1. The number of carbonyl (C=O) groups excluding carboxylic acids is 1. The topological polar surface area (TPSA) is 32.3 Å². The number of amides is 1. The van der Waals surface area contributed by atoms with Crippen LogP contribution in [0.15, 0.2) is 0 Å². The molecule has 0 saturated carbocycles. The molecule has 0 aromatic rings. The molecular weight excluding hydrogens is 302 g/mol. The number of alkyl halides is 6. The second kappa shape index (κ2) is 5.33. The van der Waals surface area contributed by atoms with Gasteiger partial charge < -0.3 is 10.2 Å². The van der Waals surface area contributed by atoms with Crippen LogP contribution >= 0.6 is 0 Å². The van der Waals surface area contributed by atoms with E-state index in [9.17, 15) is 31.1 Å². The van der Waals surface area contributed by atoms with Crippen LogP contribution in [0, 0.1) is 11.3 Å². The summed E-state index contributed by atoms with van der Waals surface area (Å²) in [5.74, 6) is -1.14. The lowest BCUT2D eigenvalue weighted by atomic mass is 9.85. The number of halogens is 6. The van der Waals surface area contributed by atoms with E-state index in [1.807, 2.05) is 0 Å². The Morgan fingerprint density at radius 2 is 1.76 bits per heavy atom. The summed E-state index contributed by atoms with van der Waals surface area (Å²) in [6, 6.07) is 0. The number of carbonyl (C=O) groups is 1. The molecule has 0 bridgehead atoms. The minimum atomic E-state index is -5.41. The van der Waals surface area contributed by atoms with E-state index in [4.69, 9.17) is 0 Å². The molecule has 1 amide bonds. The van der Waals surface area contributed by atoms with E-state index in [0.29, 0.717) is 25.9 Å². The maximum Gasteiger partial charge on any atom is 0.404 e. The fourth-order valence-electron chi connectivity index (χ4n) is 2.94. The molecule has 0 aromatic heterocycles. The first kappa shape index (κ1) is 16.4. The lowest BCUT2D eigenvalue weighted by Crippen LogP contribution is -2.53.